The molecule has 1 aromatic carbocycles. The molecule has 1 aliphatic rings. The summed E-state index contributed by atoms with van der Waals surface area (Å²) in [6.07, 6.45) is 2.23. The molecule has 1 aliphatic heterocycles. The largest absolute Gasteiger partial charge is 0.407 e. The number of rotatable bonds is 1. The van der Waals surface area contributed by atoms with Crippen LogP contribution in [0.2, 0.25) is 0 Å². The number of para-hydroxylation sites is 1. The van der Waals surface area contributed by atoms with Gasteiger partial charge in [-0.2, -0.15) is 0 Å². The number of esters is 1. The van der Waals surface area contributed by atoms with E-state index in [1.165, 1.54) is 6.92 Å². The first-order valence-corrected chi connectivity index (χ1v) is 8.40. The number of amides is 1. The summed E-state index contributed by atoms with van der Waals surface area (Å²) in [6.45, 7) is 5.25. The number of nitrogens with zero attached hydrogens (tertiary/aromatic N) is 4. The molecule has 0 bridgehead atoms. The summed E-state index contributed by atoms with van der Waals surface area (Å²) in [4.78, 5) is 34.5. The average molecular weight is 350 g/mol. The summed E-state index contributed by atoms with van der Waals surface area (Å²) in [5.74, 6) is -0.0388. The lowest BCUT2D eigenvalue weighted by atomic mass is 10.0. The maximum atomic E-state index is 12.1. The second-order valence-electron chi connectivity index (χ2n) is 6.30. The van der Waals surface area contributed by atoms with Gasteiger partial charge in [-0.1, -0.05) is 18.2 Å². The molecule has 0 spiro atoms. The molecule has 2 aromatic heterocycles. The number of imidazole rings is 1. The van der Waals surface area contributed by atoms with E-state index < -0.39 is 5.97 Å². The van der Waals surface area contributed by atoms with Crippen molar-refractivity contribution in [3.05, 3.63) is 41.9 Å². The molecular weight excluding hydrogens is 332 g/mol. The van der Waals surface area contributed by atoms with E-state index in [0.29, 0.717) is 30.2 Å². The van der Waals surface area contributed by atoms with Gasteiger partial charge in [-0.3, -0.25) is 14.0 Å². The molecule has 26 heavy (non-hydrogen) atoms. The standard InChI is InChI=1S/C19H18N4O3/c1-11-19(26-13(3)25)23-10-20-17-14-6-4-5-7-16(14)22(12(2)24)9-8-15(17)18(23)21-11/h4-7,10H,8-9H2,1-3H3. The Morgan fingerprint density at radius 2 is 1.96 bits per heavy atom. The Morgan fingerprint density at radius 3 is 2.69 bits per heavy atom. The van der Waals surface area contributed by atoms with Crippen LogP contribution in [0.1, 0.15) is 25.1 Å². The first-order valence-electron chi connectivity index (χ1n) is 8.40. The Labute approximate surface area is 150 Å². The first kappa shape index (κ1) is 16.3. The fourth-order valence-corrected chi connectivity index (χ4v) is 3.45. The van der Waals surface area contributed by atoms with Crippen LogP contribution in [-0.2, 0) is 16.0 Å². The third-order valence-electron chi connectivity index (χ3n) is 4.54. The number of fused-ring (bicyclic) bond motifs is 5. The number of hydrogen-bond acceptors (Lipinski definition) is 5. The number of carbonyl (C=O) groups is 2. The van der Waals surface area contributed by atoms with Crippen LogP contribution in [0, 0.1) is 6.92 Å². The van der Waals surface area contributed by atoms with Gasteiger partial charge in [-0.05, 0) is 19.4 Å². The van der Waals surface area contributed by atoms with Gasteiger partial charge in [0.05, 0.1) is 11.4 Å². The minimum absolute atomic E-state index is 0.0126. The molecule has 0 N–H and O–H groups in total. The van der Waals surface area contributed by atoms with E-state index in [4.69, 9.17) is 4.74 Å². The predicted molar refractivity (Wildman–Crippen MR) is 96.2 cm³/mol. The summed E-state index contributed by atoms with van der Waals surface area (Å²) in [5, 5.41) is 0. The van der Waals surface area contributed by atoms with Gasteiger partial charge in [0.2, 0.25) is 11.8 Å². The van der Waals surface area contributed by atoms with Crippen LogP contribution in [0.15, 0.2) is 30.6 Å². The van der Waals surface area contributed by atoms with Crippen molar-refractivity contribution in [2.24, 2.45) is 0 Å². The predicted octanol–water partition coefficient (Wildman–Crippen LogP) is 2.54. The van der Waals surface area contributed by atoms with E-state index in [1.54, 1.807) is 29.5 Å². The lowest BCUT2D eigenvalue weighted by Crippen LogP contribution is -2.30. The van der Waals surface area contributed by atoms with Gasteiger partial charge in [0.1, 0.15) is 17.7 Å². The molecule has 1 amide bonds. The highest BCUT2D eigenvalue weighted by Crippen LogP contribution is 2.37. The topological polar surface area (TPSA) is 76.8 Å². The fourth-order valence-electron chi connectivity index (χ4n) is 3.45. The van der Waals surface area contributed by atoms with E-state index in [0.717, 1.165) is 22.5 Å². The van der Waals surface area contributed by atoms with E-state index in [2.05, 4.69) is 9.97 Å². The molecule has 0 unspecified atom stereocenters. The second kappa shape index (κ2) is 5.94. The zero-order valence-corrected chi connectivity index (χ0v) is 14.8. The molecule has 4 rings (SSSR count). The highest BCUT2D eigenvalue weighted by molar-refractivity contribution is 5.97. The molecule has 0 saturated carbocycles. The van der Waals surface area contributed by atoms with Gasteiger partial charge in [0, 0.05) is 31.5 Å². The van der Waals surface area contributed by atoms with Crippen LogP contribution in [0.3, 0.4) is 0 Å². The Morgan fingerprint density at radius 1 is 1.19 bits per heavy atom. The number of hydrogen-bond donors (Lipinski definition) is 0. The zero-order chi connectivity index (χ0) is 18.4. The van der Waals surface area contributed by atoms with Gasteiger partial charge >= 0.3 is 5.97 Å². The maximum Gasteiger partial charge on any atom is 0.309 e. The Bertz CT molecular complexity index is 1050. The first-order chi connectivity index (χ1) is 12.5. The molecule has 0 aliphatic carbocycles. The Hall–Kier alpha value is -3.22. The van der Waals surface area contributed by atoms with Crippen molar-refractivity contribution in [2.75, 3.05) is 11.4 Å². The zero-order valence-electron chi connectivity index (χ0n) is 14.8. The van der Waals surface area contributed by atoms with Crippen molar-refractivity contribution in [2.45, 2.75) is 27.2 Å². The lowest BCUT2D eigenvalue weighted by molar-refractivity contribution is -0.132. The SMILES string of the molecule is CC(=O)Oc1c(C)nc2c3c(ncn12)-c1ccccc1N(C(C)=O)CC3. The second-order valence-corrected chi connectivity index (χ2v) is 6.30. The van der Waals surface area contributed by atoms with Gasteiger partial charge in [0.25, 0.3) is 0 Å². The normalized spacial score (nSPS) is 13.1. The number of carbonyl (C=O) groups excluding carboxylic acids is 2. The van der Waals surface area contributed by atoms with Crippen LogP contribution in [0.25, 0.3) is 16.9 Å². The highest BCUT2D eigenvalue weighted by Gasteiger charge is 2.26. The molecule has 0 fully saturated rings. The number of ether oxygens (including phenoxy) is 1. The quantitative estimate of drug-likeness (QED) is 0.630. The van der Waals surface area contributed by atoms with Gasteiger partial charge in [-0.25, -0.2) is 9.97 Å². The maximum absolute atomic E-state index is 12.1. The summed E-state index contributed by atoms with van der Waals surface area (Å²) >= 11 is 0. The van der Waals surface area contributed by atoms with Crippen LogP contribution in [0.4, 0.5) is 5.69 Å². The Kier molecular flexibility index (Phi) is 3.72. The van der Waals surface area contributed by atoms with E-state index in [1.807, 2.05) is 24.3 Å². The highest BCUT2D eigenvalue weighted by atomic mass is 16.5. The molecule has 3 heterocycles. The van der Waals surface area contributed by atoms with Gasteiger partial charge in [0.15, 0.2) is 0 Å². The van der Waals surface area contributed by atoms with Gasteiger partial charge in [-0.15, -0.1) is 0 Å². The molecule has 0 atom stereocenters. The average Bonchev–Trinajstić information content (AvgIpc) is 2.81. The molecule has 7 nitrogen and oxygen atoms in total. The number of aromatic nitrogens is 3. The van der Waals surface area contributed by atoms with Crippen molar-refractivity contribution in [3.8, 4) is 17.1 Å². The smallest absolute Gasteiger partial charge is 0.309 e. The lowest BCUT2D eigenvalue weighted by Gasteiger charge is -2.20. The van der Waals surface area contributed by atoms with Crippen LogP contribution >= 0.6 is 0 Å². The summed E-state index contributed by atoms with van der Waals surface area (Å²) in [6, 6.07) is 7.73. The van der Waals surface area contributed by atoms with Crippen LogP contribution < -0.4 is 9.64 Å². The number of aryl methyl sites for hydroxylation is 1. The van der Waals surface area contributed by atoms with Crippen LogP contribution in [-0.4, -0.2) is 32.8 Å². The third kappa shape index (κ3) is 2.44. The summed E-state index contributed by atoms with van der Waals surface area (Å²) < 4.78 is 7.00. The van der Waals surface area contributed by atoms with E-state index in [-0.39, 0.29) is 5.91 Å². The van der Waals surface area contributed by atoms with Crippen molar-refractivity contribution < 1.29 is 14.3 Å². The molecule has 3 aromatic rings. The van der Waals surface area contributed by atoms with Gasteiger partial charge < -0.3 is 9.64 Å². The number of anilines is 1. The van der Waals surface area contributed by atoms with Crippen molar-refractivity contribution in [3.63, 3.8) is 0 Å². The van der Waals surface area contributed by atoms with Crippen LogP contribution in [0.5, 0.6) is 5.88 Å². The molecule has 0 saturated heterocycles. The molecule has 132 valence electrons. The summed E-state index contributed by atoms with van der Waals surface area (Å²) in [7, 11) is 0. The molecule has 7 heteroatoms. The van der Waals surface area contributed by atoms with Crippen molar-refractivity contribution >= 4 is 23.2 Å². The van der Waals surface area contributed by atoms with E-state index in [9.17, 15) is 9.59 Å². The molecular formula is C19H18N4O3. The molecule has 0 radical (unpaired) electrons. The summed E-state index contributed by atoms with van der Waals surface area (Å²) in [5.41, 5.74) is 4.80. The number of benzene rings is 1. The van der Waals surface area contributed by atoms with E-state index >= 15 is 0 Å². The minimum Gasteiger partial charge on any atom is -0.407 e. The minimum atomic E-state index is -0.405. The fraction of sp³-hybridized carbons (Fsp3) is 0.263. The monoisotopic (exact) mass is 350 g/mol. The van der Waals surface area contributed by atoms with Crippen molar-refractivity contribution in [1.29, 1.82) is 0 Å². The third-order valence-corrected chi connectivity index (χ3v) is 4.54. The Balaban J connectivity index is 1.97. The van der Waals surface area contributed by atoms with Crippen molar-refractivity contribution in [1.82, 2.24) is 14.4 Å².